The number of fused-ring (bicyclic) bond motifs is 1. The molecule has 0 saturated carbocycles. The summed E-state index contributed by atoms with van der Waals surface area (Å²) in [5.41, 5.74) is 2.22. The van der Waals surface area contributed by atoms with E-state index in [-0.39, 0.29) is 6.10 Å². The summed E-state index contributed by atoms with van der Waals surface area (Å²) >= 11 is 0. The monoisotopic (exact) mass is 249 g/mol. The molecule has 1 unspecified atom stereocenters. The number of aromatic nitrogens is 2. The fraction of sp³-hybridized carbons (Fsp3) is 0.692. The minimum Gasteiger partial charge on any atom is -0.475 e. The maximum Gasteiger partial charge on any atom is 0.221 e. The maximum atomic E-state index is 5.83. The lowest BCUT2D eigenvalue weighted by Crippen LogP contribution is -2.28. The summed E-state index contributed by atoms with van der Waals surface area (Å²) in [6, 6.07) is 0. The Balaban J connectivity index is 1.65. The summed E-state index contributed by atoms with van der Waals surface area (Å²) in [5.74, 6) is 0.723. The highest BCUT2D eigenvalue weighted by molar-refractivity contribution is 5.31. The number of ether oxygens (including phenoxy) is 2. The van der Waals surface area contributed by atoms with E-state index in [9.17, 15) is 0 Å². The van der Waals surface area contributed by atoms with Gasteiger partial charge in [0.1, 0.15) is 12.9 Å². The molecule has 1 saturated heterocycles. The molecule has 1 aromatic rings. The van der Waals surface area contributed by atoms with Crippen molar-refractivity contribution in [1.29, 1.82) is 0 Å². The number of nitrogens with zero attached hydrogens (tertiary/aromatic N) is 2. The van der Waals surface area contributed by atoms with Gasteiger partial charge in [-0.25, -0.2) is 9.97 Å². The highest BCUT2D eigenvalue weighted by Gasteiger charge is 2.19. The van der Waals surface area contributed by atoms with E-state index in [0.717, 1.165) is 49.7 Å². The van der Waals surface area contributed by atoms with E-state index in [1.54, 1.807) is 6.33 Å². The number of rotatable bonds is 3. The van der Waals surface area contributed by atoms with Gasteiger partial charge in [-0.2, -0.15) is 0 Å². The van der Waals surface area contributed by atoms with E-state index >= 15 is 0 Å². The first-order valence-electron chi connectivity index (χ1n) is 6.71. The zero-order chi connectivity index (χ0) is 12.2. The van der Waals surface area contributed by atoms with Gasteiger partial charge in [-0.1, -0.05) is 0 Å². The zero-order valence-electron chi connectivity index (χ0n) is 10.5. The van der Waals surface area contributed by atoms with Gasteiger partial charge in [0.05, 0.1) is 11.8 Å². The summed E-state index contributed by atoms with van der Waals surface area (Å²) in [6.07, 6.45) is 6.27. The molecular weight excluding hydrogens is 230 g/mol. The first-order chi connectivity index (χ1) is 8.93. The highest BCUT2D eigenvalue weighted by Crippen LogP contribution is 2.21. The molecule has 0 aliphatic carbocycles. The van der Waals surface area contributed by atoms with E-state index in [1.807, 2.05) is 0 Å². The van der Waals surface area contributed by atoms with Crippen LogP contribution in [0.25, 0.3) is 0 Å². The van der Waals surface area contributed by atoms with Crippen molar-refractivity contribution in [2.75, 3.05) is 19.8 Å². The van der Waals surface area contributed by atoms with Crippen molar-refractivity contribution >= 4 is 0 Å². The molecular formula is C13H19N3O2. The topological polar surface area (TPSA) is 56.3 Å². The van der Waals surface area contributed by atoms with Gasteiger partial charge in [0.15, 0.2) is 0 Å². The average molecular weight is 249 g/mol. The van der Waals surface area contributed by atoms with Gasteiger partial charge in [0, 0.05) is 31.7 Å². The predicted molar refractivity (Wildman–Crippen MR) is 66.5 cm³/mol. The molecule has 0 bridgehead atoms. The Bertz CT molecular complexity index is 405. The lowest BCUT2D eigenvalue weighted by Gasteiger charge is -2.24. The zero-order valence-corrected chi connectivity index (χ0v) is 10.5. The molecule has 1 atom stereocenters. The summed E-state index contributed by atoms with van der Waals surface area (Å²) in [5, 5.41) is 3.33. The third kappa shape index (κ3) is 2.62. The summed E-state index contributed by atoms with van der Waals surface area (Å²) in [7, 11) is 0. The second-order valence-electron chi connectivity index (χ2n) is 4.83. The Labute approximate surface area is 107 Å². The molecule has 0 radical (unpaired) electrons. The Morgan fingerprint density at radius 3 is 3.28 bits per heavy atom. The Morgan fingerprint density at radius 2 is 2.39 bits per heavy atom. The van der Waals surface area contributed by atoms with Gasteiger partial charge in [0.2, 0.25) is 5.88 Å². The molecule has 0 amide bonds. The largest absolute Gasteiger partial charge is 0.475 e. The van der Waals surface area contributed by atoms with Crippen molar-refractivity contribution in [3.8, 4) is 5.88 Å². The van der Waals surface area contributed by atoms with E-state index in [0.29, 0.717) is 6.61 Å². The van der Waals surface area contributed by atoms with Crippen LogP contribution in [0.1, 0.15) is 30.5 Å². The van der Waals surface area contributed by atoms with E-state index in [4.69, 9.17) is 9.47 Å². The van der Waals surface area contributed by atoms with Crippen LogP contribution < -0.4 is 10.1 Å². The third-order valence-electron chi connectivity index (χ3n) is 3.52. The molecule has 5 heteroatoms. The second kappa shape index (κ2) is 5.63. The fourth-order valence-electron chi connectivity index (χ4n) is 2.48. The third-order valence-corrected chi connectivity index (χ3v) is 3.52. The molecule has 1 aromatic heterocycles. The quantitative estimate of drug-likeness (QED) is 0.868. The predicted octanol–water partition coefficient (Wildman–Crippen LogP) is 1.07. The highest BCUT2D eigenvalue weighted by atomic mass is 16.5. The van der Waals surface area contributed by atoms with Gasteiger partial charge >= 0.3 is 0 Å². The van der Waals surface area contributed by atoms with Gasteiger partial charge in [-0.3, -0.25) is 0 Å². The number of hydrogen-bond donors (Lipinski definition) is 1. The molecule has 3 heterocycles. The van der Waals surface area contributed by atoms with Crippen molar-refractivity contribution in [3.05, 3.63) is 17.6 Å². The first kappa shape index (κ1) is 11.9. The standard InChI is InChI=1S/C13H19N3O2/c1-2-6-17-10(3-1)8-18-13-11-7-14-5-4-12(11)15-9-16-13/h9-10,14H,1-8H2. The van der Waals surface area contributed by atoms with Crippen molar-refractivity contribution in [2.24, 2.45) is 0 Å². The van der Waals surface area contributed by atoms with E-state index in [1.165, 1.54) is 12.8 Å². The lowest BCUT2D eigenvalue weighted by atomic mass is 10.1. The first-order valence-corrected chi connectivity index (χ1v) is 6.71. The molecule has 5 nitrogen and oxygen atoms in total. The van der Waals surface area contributed by atoms with Crippen LogP contribution in [0.5, 0.6) is 5.88 Å². The van der Waals surface area contributed by atoms with Crippen LogP contribution in [0.3, 0.4) is 0 Å². The molecule has 0 aromatic carbocycles. The van der Waals surface area contributed by atoms with Gasteiger partial charge in [0.25, 0.3) is 0 Å². The van der Waals surface area contributed by atoms with E-state index in [2.05, 4.69) is 15.3 Å². The summed E-state index contributed by atoms with van der Waals surface area (Å²) < 4.78 is 11.5. The van der Waals surface area contributed by atoms with Crippen LogP contribution in [-0.4, -0.2) is 35.8 Å². The van der Waals surface area contributed by atoms with Crippen LogP contribution in [0.15, 0.2) is 6.33 Å². The molecule has 2 aliphatic heterocycles. The van der Waals surface area contributed by atoms with Gasteiger partial charge in [-0.15, -0.1) is 0 Å². The maximum absolute atomic E-state index is 5.83. The van der Waals surface area contributed by atoms with Crippen LogP contribution in [0.4, 0.5) is 0 Å². The molecule has 98 valence electrons. The molecule has 1 N–H and O–H groups in total. The Morgan fingerprint density at radius 1 is 1.39 bits per heavy atom. The fourth-order valence-corrected chi connectivity index (χ4v) is 2.48. The van der Waals surface area contributed by atoms with Crippen molar-refractivity contribution < 1.29 is 9.47 Å². The Kier molecular flexibility index (Phi) is 3.71. The second-order valence-corrected chi connectivity index (χ2v) is 4.83. The molecule has 0 spiro atoms. The SMILES string of the molecule is c1nc2c(c(OCC3CCCCO3)n1)CNCC2. The van der Waals surface area contributed by atoms with Crippen LogP contribution in [0.2, 0.25) is 0 Å². The number of hydrogen-bond acceptors (Lipinski definition) is 5. The number of nitrogens with one attached hydrogen (secondary N) is 1. The smallest absolute Gasteiger partial charge is 0.221 e. The van der Waals surface area contributed by atoms with Crippen molar-refractivity contribution in [3.63, 3.8) is 0 Å². The van der Waals surface area contributed by atoms with Crippen LogP contribution in [-0.2, 0) is 17.7 Å². The van der Waals surface area contributed by atoms with Crippen molar-refractivity contribution in [2.45, 2.75) is 38.3 Å². The lowest BCUT2D eigenvalue weighted by molar-refractivity contribution is -0.0122. The minimum absolute atomic E-state index is 0.223. The van der Waals surface area contributed by atoms with E-state index < -0.39 is 0 Å². The molecule has 3 rings (SSSR count). The van der Waals surface area contributed by atoms with Crippen LogP contribution in [0, 0.1) is 0 Å². The Hall–Kier alpha value is -1.20. The van der Waals surface area contributed by atoms with Gasteiger partial charge in [-0.05, 0) is 19.3 Å². The van der Waals surface area contributed by atoms with Crippen molar-refractivity contribution in [1.82, 2.24) is 15.3 Å². The summed E-state index contributed by atoms with van der Waals surface area (Å²) in [6.45, 7) is 3.24. The summed E-state index contributed by atoms with van der Waals surface area (Å²) in [4.78, 5) is 8.56. The van der Waals surface area contributed by atoms with Crippen LogP contribution >= 0.6 is 0 Å². The normalized spacial score (nSPS) is 23.4. The van der Waals surface area contributed by atoms with Gasteiger partial charge < -0.3 is 14.8 Å². The molecule has 1 fully saturated rings. The average Bonchev–Trinajstić information content (AvgIpc) is 2.46. The minimum atomic E-state index is 0.223. The molecule has 2 aliphatic rings. The molecule has 18 heavy (non-hydrogen) atoms.